The molecular formula is C20H24ClNO3. The quantitative estimate of drug-likeness (QED) is 0.482. The van der Waals surface area contributed by atoms with Gasteiger partial charge in [-0.25, -0.2) is 4.98 Å². The zero-order valence-electron chi connectivity index (χ0n) is 14.9. The van der Waals surface area contributed by atoms with Gasteiger partial charge in [0.2, 0.25) is 5.88 Å². The summed E-state index contributed by atoms with van der Waals surface area (Å²) in [6.07, 6.45) is 4.24. The molecular weight excluding hydrogens is 338 g/mol. The van der Waals surface area contributed by atoms with Gasteiger partial charge in [-0.1, -0.05) is 23.7 Å². The van der Waals surface area contributed by atoms with E-state index in [1.807, 2.05) is 50.2 Å². The molecule has 0 N–H and O–H groups in total. The van der Waals surface area contributed by atoms with Gasteiger partial charge < -0.3 is 9.47 Å². The van der Waals surface area contributed by atoms with E-state index in [9.17, 15) is 4.79 Å². The molecule has 2 aromatic rings. The van der Waals surface area contributed by atoms with E-state index in [0.717, 1.165) is 30.4 Å². The van der Waals surface area contributed by atoms with E-state index in [0.29, 0.717) is 17.5 Å². The van der Waals surface area contributed by atoms with Crippen molar-refractivity contribution in [2.45, 2.75) is 33.1 Å². The summed E-state index contributed by atoms with van der Waals surface area (Å²) in [5.41, 5.74) is 1.64. The predicted octanol–water partition coefficient (Wildman–Crippen LogP) is 5.15. The molecule has 134 valence electrons. The lowest BCUT2D eigenvalue weighted by Crippen LogP contribution is -2.25. The van der Waals surface area contributed by atoms with Gasteiger partial charge in [0.05, 0.1) is 19.1 Å². The minimum absolute atomic E-state index is 0.175. The van der Waals surface area contributed by atoms with E-state index in [2.05, 4.69) is 4.98 Å². The van der Waals surface area contributed by atoms with E-state index >= 15 is 0 Å². The average Bonchev–Trinajstić information content (AvgIpc) is 2.61. The van der Waals surface area contributed by atoms with Crippen LogP contribution >= 0.6 is 11.6 Å². The monoisotopic (exact) mass is 361 g/mol. The molecule has 0 aliphatic heterocycles. The lowest BCUT2D eigenvalue weighted by atomic mass is 9.87. The molecule has 5 heteroatoms. The molecule has 1 aromatic carbocycles. The third-order valence-corrected chi connectivity index (χ3v) is 4.35. The van der Waals surface area contributed by atoms with Gasteiger partial charge in [-0.2, -0.15) is 0 Å². The van der Waals surface area contributed by atoms with Crippen LogP contribution in [0.4, 0.5) is 0 Å². The van der Waals surface area contributed by atoms with Gasteiger partial charge in [-0.15, -0.1) is 0 Å². The van der Waals surface area contributed by atoms with E-state index in [1.165, 1.54) is 7.11 Å². The molecule has 0 fully saturated rings. The fourth-order valence-electron chi connectivity index (χ4n) is 2.53. The number of hydrogen-bond acceptors (Lipinski definition) is 4. The molecule has 0 amide bonds. The standard InChI is InChI=1S/C20H24ClNO3/c1-20(2,19(23)24-3)11-4-5-13-25-18-14-16(10-12-22-18)15-6-8-17(21)9-7-15/h6-10,12,14H,4-5,11,13H2,1-3H3. The molecule has 1 aromatic heterocycles. The van der Waals surface area contributed by atoms with E-state index in [-0.39, 0.29) is 5.97 Å². The van der Waals surface area contributed by atoms with E-state index in [1.54, 1.807) is 6.20 Å². The molecule has 0 bridgehead atoms. The van der Waals surface area contributed by atoms with Crippen molar-refractivity contribution in [2.24, 2.45) is 5.41 Å². The highest BCUT2D eigenvalue weighted by Crippen LogP contribution is 2.26. The van der Waals surface area contributed by atoms with Crippen molar-refractivity contribution in [3.63, 3.8) is 0 Å². The summed E-state index contributed by atoms with van der Waals surface area (Å²) in [5.74, 6) is 0.422. The Morgan fingerprint density at radius 2 is 1.84 bits per heavy atom. The Hall–Kier alpha value is -2.07. The Morgan fingerprint density at radius 3 is 2.52 bits per heavy atom. The van der Waals surface area contributed by atoms with Crippen molar-refractivity contribution in [1.82, 2.24) is 4.98 Å². The van der Waals surface area contributed by atoms with Gasteiger partial charge in [0.15, 0.2) is 0 Å². The number of esters is 1. The number of carbonyl (C=O) groups is 1. The second-order valence-corrected chi connectivity index (χ2v) is 7.01. The predicted molar refractivity (Wildman–Crippen MR) is 99.8 cm³/mol. The second-order valence-electron chi connectivity index (χ2n) is 6.57. The van der Waals surface area contributed by atoms with Crippen LogP contribution in [0.1, 0.15) is 33.1 Å². The van der Waals surface area contributed by atoms with Crippen molar-refractivity contribution in [3.05, 3.63) is 47.6 Å². The maximum Gasteiger partial charge on any atom is 0.311 e. The van der Waals surface area contributed by atoms with Gasteiger partial charge in [-0.05, 0) is 62.4 Å². The largest absolute Gasteiger partial charge is 0.478 e. The lowest BCUT2D eigenvalue weighted by molar-refractivity contribution is -0.151. The highest BCUT2D eigenvalue weighted by molar-refractivity contribution is 6.30. The Bertz CT molecular complexity index is 698. The Labute approximate surface area is 154 Å². The number of aromatic nitrogens is 1. The van der Waals surface area contributed by atoms with Crippen LogP contribution in [0.5, 0.6) is 5.88 Å². The van der Waals surface area contributed by atoms with Gasteiger partial charge in [0, 0.05) is 17.3 Å². The van der Waals surface area contributed by atoms with Crippen LogP contribution in [0.25, 0.3) is 11.1 Å². The smallest absolute Gasteiger partial charge is 0.311 e. The van der Waals surface area contributed by atoms with Crippen LogP contribution in [-0.4, -0.2) is 24.7 Å². The SMILES string of the molecule is COC(=O)C(C)(C)CCCCOc1cc(-c2ccc(Cl)cc2)ccn1. The number of carbonyl (C=O) groups excluding carboxylic acids is 1. The van der Waals surface area contributed by atoms with Crippen molar-refractivity contribution in [2.75, 3.05) is 13.7 Å². The maximum absolute atomic E-state index is 11.6. The first kappa shape index (κ1) is 19.3. The number of benzene rings is 1. The molecule has 0 atom stereocenters. The second kappa shape index (κ2) is 8.86. The summed E-state index contributed by atoms with van der Waals surface area (Å²) in [7, 11) is 1.42. The summed E-state index contributed by atoms with van der Waals surface area (Å²) < 4.78 is 10.6. The van der Waals surface area contributed by atoms with Crippen LogP contribution in [0, 0.1) is 5.41 Å². The summed E-state index contributed by atoms with van der Waals surface area (Å²) in [5, 5.41) is 0.712. The zero-order chi connectivity index (χ0) is 18.3. The number of rotatable bonds is 8. The van der Waals surface area contributed by atoms with Crippen molar-refractivity contribution < 1.29 is 14.3 Å². The first-order chi connectivity index (χ1) is 11.9. The van der Waals surface area contributed by atoms with Gasteiger partial charge in [0.1, 0.15) is 0 Å². The fourth-order valence-corrected chi connectivity index (χ4v) is 2.66. The molecule has 25 heavy (non-hydrogen) atoms. The summed E-state index contributed by atoms with van der Waals surface area (Å²) in [6, 6.07) is 11.5. The molecule has 0 saturated heterocycles. The van der Waals surface area contributed by atoms with E-state index < -0.39 is 5.41 Å². The number of methoxy groups -OCH3 is 1. The van der Waals surface area contributed by atoms with Gasteiger partial charge in [-0.3, -0.25) is 4.79 Å². The molecule has 0 saturated carbocycles. The summed E-state index contributed by atoms with van der Waals surface area (Å²) in [4.78, 5) is 15.9. The first-order valence-electron chi connectivity index (χ1n) is 8.35. The minimum Gasteiger partial charge on any atom is -0.478 e. The molecule has 0 unspecified atom stereocenters. The van der Waals surface area contributed by atoms with Gasteiger partial charge in [0.25, 0.3) is 0 Å². The molecule has 0 radical (unpaired) electrons. The summed E-state index contributed by atoms with van der Waals surface area (Å²) >= 11 is 5.92. The van der Waals surface area contributed by atoms with Crippen LogP contribution < -0.4 is 4.74 Å². The number of pyridine rings is 1. The normalized spacial score (nSPS) is 11.2. The van der Waals surface area contributed by atoms with Crippen LogP contribution in [0.3, 0.4) is 0 Å². The number of unbranched alkanes of at least 4 members (excludes halogenated alkanes) is 1. The third kappa shape index (κ3) is 5.75. The molecule has 0 aliphatic carbocycles. The maximum atomic E-state index is 11.6. The van der Waals surface area contributed by atoms with Crippen LogP contribution in [-0.2, 0) is 9.53 Å². The minimum atomic E-state index is -0.457. The van der Waals surface area contributed by atoms with Crippen molar-refractivity contribution in [1.29, 1.82) is 0 Å². The van der Waals surface area contributed by atoms with Crippen LogP contribution in [0.15, 0.2) is 42.6 Å². The highest BCUT2D eigenvalue weighted by Gasteiger charge is 2.27. The van der Waals surface area contributed by atoms with Crippen molar-refractivity contribution >= 4 is 17.6 Å². The topological polar surface area (TPSA) is 48.4 Å². The lowest BCUT2D eigenvalue weighted by Gasteiger charge is -2.20. The number of hydrogen-bond donors (Lipinski definition) is 0. The molecule has 0 spiro atoms. The Kier molecular flexibility index (Phi) is 6.82. The molecule has 2 rings (SSSR count). The number of halogens is 1. The fraction of sp³-hybridized carbons (Fsp3) is 0.400. The van der Waals surface area contributed by atoms with Crippen LogP contribution in [0.2, 0.25) is 5.02 Å². The zero-order valence-corrected chi connectivity index (χ0v) is 15.7. The van der Waals surface area contributed by atoms with Gasteiger partial charge >= 0.3 is 5.97 Å². The number of ether oxygens (including phenoxy) is 2. The molecule has 4 nitrogen and oxygen atoms in total. The molecule has 1 heterocycles. The molecule has 0 aliphatic rings. The van der Waals surface area contributed by atoms with Crippen molar-refractivity contribution in [3.8, 4) is 17.0 Å². The van der Waals surface area contributed by atoms with E-state index in [4.69, 9.17) is 21.1 Å². The number of nitrogens with zero attached hydrogens (tertiary/aromatic N) is 1. The third-order valence-electron chi connectivity index (χ3n) is 4.10. The Balaban J connectivity index is 1.83. The average molecular weight is 362 g/mol. The highest BCUT2D eigenvalue weighted by atomic mass is 35.5. The summed E-state index contributed by atoms with van der Waals surface area (Å²) in [6.45, 7) is 4.36. The Morgan fingerprint density at radius 1 is 1.12 bits per heavy atom. The first-order valence-corrected chi connectivity index (χ1v) is 8.73.